The average Bonchev–Trinajstić information content (AvgIpc) is 3.12. The van der Waals surface area contributed by atoms with E-state index in [1.165, 1.54) is 19.0 Å². The van der Waals surface area contributed by atoms with Crippen molar-refractivity contribution < 1.29 is 9.90 Å². The number of rotatable bonds is 7. The van der Waals surface area contributed by atoms with Gasteiger partial charge in [0.05, 0.1) is 5.69 Å². The van der Waals surface area contributed by atoms with Crippen molar-refractivity contribution >= 4 is 11.7 Å². The topological polar surface area (TPSA) is 74.2 Å². The van der Waals surface area contributed by atoms with Gasteiger partial charge in [-0.2, -0.15) is 0 Å². The normalized spacial score (nSPS) is 14.5. The van der Waals surface area contributed by atoms with Gasteiger partial charge >= 0.3 is 5.97 Å². The highest BCUT2D eigenvalue weighted by molar-refractivity contribution is 5.93. The summed E-state index contributed by atoms with van der Waals surface area (Å²) < 4.78 is 0. The number of carboxylic acid groups (broad SMARTS) is 1. The molecule has 1 fully saturated rings. The molecule has 0 radical (unpaired) electrons. The minimum absolute atomic E-state index is 0.232. The lowest BCUT2D eigenvalue weighted by atomic mass is 10.2. The Morgan fingerprint density at radius 2 is 2.28 bits per heavy atom. The Labute approximate surface area is 107 Å². The standard InChI is InChI=1S/C13H19N3O2/c1-9-7-12(11(8-16-9)13(17)18)15-6-2-5-14-10-3-4-10/h7-8,10,14H,2-6H2,1H3,(H,15,16)(H,17,18). The summed E-state index contributed by atoms with van der Waals surface area (Å²) in [5.74, 6) is -0.943. The third kappa shape index (κ3) is 3.70. The molecule has 1 heterocycles. The van der Waals surface area contributed by atoms with E-state index in [0.717, 1.165) is 31.2 Å². The highest BCUT2D eigenvalue weighted by Gasteiger charge is 2.19. The Kier molecular flexibility index (Phi) is 4.15. The summed E-state index contributed by atoms with van der Waals surface area (Å²) in [6.45, 7) is 3.60. The zero-order valence-corrected chi connectivity index (χ0v) is 10.6. The number of nitrogens with one attached hydrogen (secondary N) is 2. The molecule has 1 aliphatic rings. The van der Waals surface area contributed by atoms with Crippen LogP contribution in [0.25, 0.3) is 0 Å². The van der Waals surface area contributed by atoms with Crippen molar-refractivity contribution in [2.45, 2.75) is 32.2 Å². The van der Waals surface area contributed by atoms with Gasteiger partial charge in [0.2, 0.25) is 0 Å². The van der Waals surface area contributed by atoms with Gasteiger partial charge in [-0.1, -0.05) is 0 Å². The molecule has 0 unspecified atom stereocenters. The number of hydrogen-bond donors (Lipinski definition) is 3. The van der Waals surface area contributed by atoms with Crippen molar-refractivity contribution in [3.05, 3.63) is 23.5 Å². The van der Waals surface area contributed by atoms with E-state index in [-0.39, 0.29) is 5.56 Å². The van der Waals surface area contributed by atoms with Crippen LogP contribution in [-0.4, -0.2) is 35.2 Å². The molecule has 0 saturated heterocycles. The van der Waals surface area contributed by atoms with Crippen LogP contribution in [0.4, 0.5) is 5.69 Å². The van der Waals surface area contributed by atoms with Gasteiger partial charge in [0, 0.05) is 24.5 Å². The van der Waals surface area contributed by atoms with E-state index in [1.807, 2.05) is 6.92 Å². The van der Waals surface area contributed by atoms with E-state index in [1.54, 1.807) is 6.07 Å². The number of anilines is 1. The van der Waals surface area contributed by atoms with Crippen molar-refractivity contribution in [1.82, 2.24) is 10.3 Å². The maximum absolute atomic E-state index is 11.0. The maximum atomic E-state index is 11.0. The number of aryl methyl sites for hydroxylation is 1. The molecule has 0 aromatic carbocycles. The zero-order chi connectivity index (χ0) is 13.0. The van der Waals surface area contributed by atoms with Gasteiger partial charge in [-0.3, -0.25) is 4.98 Å². The van der Waals surface area contributed by atoms with E-state index >= 15 is 0 Å². The van der Waals surface area contributed by atoms with Crippen molar-refractivity contribution in [1.29, 1.82) is 0 Å². The first kappa shape index (κ1) is 12.8. The highest BCUT2D eigenvalue weighted by Crippen LogP contribution is 2.18. The number of nitrogens with zero attached hydrogens (tertiary/aromatic N) is 1. The molecule has 5 heteroatoms. The van der Waals surface area contributed by atoms with Gasteiger partial charge in [-0.05, 0) is 38.8 Å². The van der Waals surface area contributed by atoms with Crippen molar-refractivity contribution in [3.8, 4) is 0 Å². The van der Waals surface area contributed by atoms with Gasteiger partial charge < -0.3 is 15.7 Å². The van der Waals surface area contributed by atoms with E-state index in [4.69, 9.17) is 5.11 Å². The van der Waals surface area contributed by atoms with Crippen LogP contribution in [0.3, 0.4) is 0 Å². The first-order valence-electron chi connectivity index (χ1n) is 6.34. The van der Waals surface area contributed by atoms with Crippen LogP contribution in [0.15, 0.2) is 12.3 Å². The summed E-state index contributed by atoms with van der Waals surface area (Å²) in [4.78, 5) is 15.0. The summed E-state index contributed by atoms with van der Waals surface area (Å²) >= 11 is 0. The molecule has 18 heavy (non-hydrogen) atoms. The first-order chi connectivity index (χ1) is 8.66. The molecule has 1 aromatic rings. The van der Waals surface area contributed by atoms with Crippen LogP contribution in [0.1, 0.15) is 35.3 Å². The molecule has 1 aliphatic carbocycles. The molecule has 2 rings (SSSR count). The van der Waals surface area contributed by atoms with Crippen LogP contribution < -0.4 is 10.6 Å². The second-order valence-corrected chi connectivity index (χ2v) is 4.69. The molecule has 5 nitrogen and oxygen atoms in total. The lowest BCUT2D eigenvalue weighted by Gasteiger charge is -2.10. The first-order valence-corrected chi connectivity index (χ1v) is 6.34. The minimum atomic E-state index is -0.943. The quantitative estimate of drug-likeness (QED) is 0.641. The molecule has 0 amide bonds. The fraction of sp³-hybridized carbons (Fsp3) is 0.538. The van der Waals surface area contributed by atoms with Crippen molar-refractivity contribution in [2.24, 2.45) is 0 Å². The number of hydrogen-bond acceptors (Lipinski definition) is 4. The predicted molar refractivity (Wildman–Crippen MR) is 70.1 cm³/mol. The number of carbonyl (C=O) groups is 1. The minimum Gasteiger partial charge on any atom is -0.478 e. The highest BCUT2D eigenvalue weighted by atomic mass is 16.4. The monoisotopic (exact) mass is 249 g/mol. The van der Waals surface area contributed by atoms with Gasteiger partial charge in [-0.15, -0.1) is 0 Å². The summed E-state index contributed by atoms with van der Waals surface area (Å²) in [6, 6.07) is 2.50. The summed E-state index contributed by atoms with van der Waals surface area (Å²) in [5.41, 5.74) is 1.70. The largest absolute Gasteiger partial charge is 0.478 e. The van der Waals surface area contributed by atoms with E-state index in [2.05, 4.69) is 15.6 Å². The zero-order valence-electron chi connectivity index (χ0n) is 10.6. The Morgan fingerprint density at radius 3 is 2.94 bits per heavy atom. The Bertz CT molecular complexity index is 430. The molecule has 98 valence electrons. The van der Waals surface area contributed by atoms with Crippen molar-refractivity contribution in [2.75, 3.05) is 18.4 Å². The average molecular weight is 249 g/mol. The Balaban J connectivity index is 1.82. The lowest BCUT2D eigenvalue weighted by Crippen LogP contribution is -2.20. The van der Waals surface area contributed by atoms with Crippen LogP contribution in [0.5, 0.6) is 0 Å². The van der Waals surface area contributed by atoms with E-state index in [9.17, 15) is 4.79 Å². The number of aromatic carboxylic acids is 1. The van der Waals surface area contributed by atoms with E-state index in [0.29, 0.717) is 5.69 Å². The predicted octanol–water partition coefficient (Wildman–Crippen LogP) is 1.64. The van der Waals surface area contributed by atoms with Gasteiger partial charge in [0.15, 0.2) is 0 Å². The SMILES string of the molecule is Cc1cc(NCCCNC2CC2)c(C(=O)O)cn1. The van der Waals surface area contributed by atoms with Crippen LogP contribution in [0, 0.1) is 6.92 Å². The fourth-order valence-electron chi connectivity index (χ4n) is 1.78. The lowest BCUT2D eigenvalue weighted by molar-refractivity contribution is 0.0697. The van der Waals surface area contributed by atoms with Crippen LogP contribution >= 0.6 is 0 Å². The fourth-order valence-corrected chi connectivity index (χ4v) is 1.78. The second-order valence-electron chi connectivity index (χ2n) is 4.69. The number of pyridine rings is 1. The van der Waals surface area contributed by atoms with Gasteiger partial charge in [0.25, 0.3) is 0 Å². The Hall–Kier alpha value is -1.62. The molecule has 3 N–H and O–H groups in total. The summed E-state index contributed by atoms with van der Waals surface area (Å²) in [7, 11) is 0. The molecule has 0 bridgehead atoms. The summed E-state index contributed by atoms with van der Waals surface area (Å²) in [6.07, 6.45) is 4.97. The van der Waals surface area contributed by atoms with Gasteiger partial charge in [0.1, 0.15) is 5.56 Å². The molecular weight excluding hydrogens is 230 g/mol. The molecule has 0 spiro atoms. The van der Waals surface area contributed by atoms with Crippen molar-refractivity contribution in [3.63, 3.8) is 0 Å². The third-order valence-electron chi connectivity index (χ3n) is 2.95. The van der Waals surface area contributed by atoms with Crippen LogP contribution in [0.2, 0.25) is 0 Å². The van der Waals surface area contributed by atoms with Crippen LogP contribution in [-0.2, 0) is 0 Å². The molecule has 1 saturated carbocycles. The number of aromatic nitrogens is 1. The third-order valence-corrected chi connectivity index (χ3v) is 2.95. The molecule has 0 aliphatic heterocycles. The van der Waals surface area contributed by atoms with E-state index < -0.39 is 5.97 Å². The molecule has 1 aromatic heterocycles. The Morgan fingerprint density at radius 1 is 1.50 bits per heavy atom. The van der Waals surface area contributed by atoms with Gasteiger partial charge in [-0.25, -0.2) is 4.79 Å². The smallest absolute Gasteiger partial charge is 0.339 e. The second kappa shape index (κ2) is 5.82. The summed E-state index contributed by atoms with van der Waals surface area (Å²) in [5, 5.41) is 15.6. The maximum Gasteiger partial charge on any atom is 0.339 e. The molecule has 0 atom stereocenters. The molecular formula is C13H19N3O2. The number of carboxylic acids is 1.